The summed E-state index contributed by atoms with van der Waals surface area (Å²) in [5.41, 5.74) is 0.627. The van der Waals surface area contributed by atoms with Crippen LogP contribution in [-0.2, 0) is 19.1 Å². The molecule has 0 radical (unpaired) electrons. The predicted octanol–water partition coefficient (Wildman–Crippen LogP) is 1.98. The maximum atomic E-state index is 12.1. The van der Waals surface area contributed by atoms with Gasteiger partial charge in [0, 0.05) is 31.3 Å². The summed E-state index contributed by atoms with van der Waals surface area (Å²) in [5, 5.41) is 8.82. The van der Waals surface area contributed by atoms with E-state index in [2.05, 4.69) is 10.2 Å². The Morgan fingerprint density at radius 1 is 1.03 bits per heavy atom. The van der Waals surface area contributed by atoms with Gasteiger partial charge in [-0.25, -0.2) is 14.5 Å². The van der Waals surface area contributed by atoms with E-state index >= 15 is 0 Å². The topological polar surface area (TPSA) is 98.0 Å². The van der Waals surface area contributed by atoms with Gasteiger partial charge >= 0.3 is 23.9 Å². The summed E-state index contributed by atoms with van der Waals surface area (Å²) in [7, 11) is 0. The Morgan fingerprint density at radius 3 is 2.41 bits per heavy atom. The van der Waals surface area contributed by atoms with E-state index in [9.17, 15) is 9.59 Å². The number of rotatable bonds is 2. The van der Waals surface area contributed by atoms with E-state index in [4.69, 9.17) is 25.5 Å². The van der Waals surface area contributed by atoms with E-state index in [1.807, 2.05) is 21.9 Å². The van der Waals surface area contributed by atoms with E-state index in [1.54, 1.807) is 12.1 Å². The molecule has 4 aliphatic rings. The van der Waals surface area contributed by atoms with Gasteiger partial charge in [-0.15, -0.1) is 5.10 Å². The number of piperidine rings is 1. The molecule has 29 heavy (non-hydrogen) atoms. The summed E-state index contributed by atoms with van der Waals surface area (Å²) in [4.78, 5) is 27.9. The molecule has 9 nitrogen and oxygen atoms in total. The van der Waals surface area contributed by atoms with Gasteiger partial charge in [-0.05, 0) is 25.0 Å². The molecule has 0 saturated carbocycles. The zero-order valence-electron chi connectivity index (χ0n) is 15.3. The Bertz CT molecular complexity index is 978. The minimum Gasteiger partial charge on any atom is -0.403 e. The summed E-state index contributed by atoms with van der Waals surface area (Å²) >= 11 is 6.24. The molecule has 4 aliphatic heterocycles. The van der Waals surface area contributed by atoms with Gasteiger partial charge in [0.1, 0.15) is 6.54 Å². The third-order valence-corrected chi connectivity index (χ3v) is 5.73. The van der Waals surface area contributed by atoms with E-state index in [0.29, 0.717) is 23.7 Å². The number of ether oxygens (including phenoxy) is 2. The maximum absolute atomic E-state index is 12.1. The maximum Gasteiger partial charge on any atom is 0.339 e. The van der Waals surface area contributed by atoms with Crippen molar-refractivity contribution in [1.82, 2.24) is 15.1 Å². The molecule has 6 rings (SSSR count). The molecule has 5 heterocycles. The molecule has 0 atom stereocenters. The first-order chi connectivity index (χ1) is 14.0. The second-order valence-corrected chi connectivity index (χ2v) is 7.51. The lowest BCUT2D eigenvalue weighted by molar-refractivity contribution is -0.274. The Hall–Kier alpha value is -2.91. The summed E-state index contributed by atoms with van der Waals surface area (Å²) < 4.78 is 17.1. The minimum absolute atomic E-state index is 0.0704. The van der Waals surface area contributed by atoms with Crippen LogP contribution in [0.3, 0.4) is 0 Å². The second kappa shape index (κ2) is 6.85. The van der Waals surface area contributed by atoms with E-state index in [-0.39, 0.29) is 24.5 Å². The number of halogens is 1. The van der Waals surface area contributed by atoms with Gasteiger partial charge < -0.3 is 18.8 Å². The first kappa shape index (κ1) is 18.1. The number of carbonyl (C=O) groups excluding carboxylic acids is 2. The van der Waals surface area contributed by atoms with Gasteiger partial charge in [-0.3, -0.25) is 0 Å². The molecular formula is C19H17ClN4O5. The van der Waals surface area contributed by atoms with Crippen molar-refractivity contribution in [3.05, 3.63) is 41.4 Å². The third-order valence-electron chi connectivity index (χ3n) is 5.40. The Morgan fingerprint density at radius 2 is 1.72 bits per heavy atom. The monoisotopic (exact) mass is 416 g/mol. The molecule has 0 amide bonds. The molecule has 1 spiro atoms. The average Bonchev–Trinajstić information content (AvgIpc) is 3.03. The van der Waals surface area contributed by atoms with Gasteiger partial charge in [0.25, 0.3) is 5.89 Å². The number of fused-ring (bicyclic) bond motifs is 3. The van der Waals surface area contributed by atoms with Crippen molar-refractivity contribution >= 4 is 29.6 Å². The lowest BCUT2D eigenvalue weighted by Gasteiger charge is -2.39. The van der Waals surface area contributed by atoms with Crippen LogP contribution >= 0.6 is 11.6 Å². The first-order valence-corrected chi connectivity index (χ1v) is 9.66. The number of carbonyl (C=O) groups is 2. The number of anilines is 1. The van der Waals surface area contributed by atoms with Crippen molar-refractivity contribution in [2.24, 2.45) is 0 Å². The highest BCUT2D eigenvalue weighted by molar-refractivity contribution is 6.33. The van der Waals surface area contributed by atoms with Crippen LogP contribution in [0, 0.1) is 0 Å². The zero-order chi connectivity index (χ0) is 20.0. The molecule has 10 heteroatoms. The van der Waals surface area contributed by atoms with Crippen molar-refractivity contribution in [3.63, 3.8) is 0 Å². The third kappa shape index (κ3) is 3.16. The molecule has 150 valence electrons. The molecule has 1 aromatic carbocycles. The van der Waals surface area contributed by atoms with Gasteiger partial charge in [0.2, 0.25) is 0 Å². The largest absolute Gasteiger partial charge is 0.403 e. The fraction of sp³-hybridized carbons (Fsp3) is 0.368. The van der Waals surface area contributed by atoms with Crippen molar-refractivity contribution in [3.8, 4) is 11.5 Å². The van der Waals surface area contributed by atoms with E-state index in [0.717, 1.165) is 25.0 Å². The van der Waals surface area contributed by atoms with Crippen LogP contribution in [0.4, 0.5) is 6.01 Å². The SMILES string of the molecule is O=C1C=CC(=O)OC2(CN(c3nnc(-c4ccccc4Cl)o3)C3CCN2CC3)O1. The summed E-state index contributed by atoms with van der Waals surface area (Å²) in [5.74, 6) is -2.52. The van der Waals surface area contributed by atoms with Gasteiger partial charge in [0.15, 0.2) is 0 Å². The standard InChI is InChI=1S/C19H17ClN4O5/c20-14-4-2-1-3-13(14)17-21-22-18(27-17)24-11-19(23-9-7-12(24)8-10-23)28-15(25)5-6-16(26)29-19/h1-6,12H,7-11H2. The Balaban J connectivity index is 1.51. The zero-order valence-corrected chi connectivity index (χ0v) is 16.0. The lowest BCUT2D eigenvalue weighted by Crippen LogP contribution is -2.58. The summed E-state index contributed by atoms with van der Waals surface area (Å²) in [6, 6.07) is 7.53. The summed E-state index contributed by atoms with van der Waals surface area (Å²) in [6.07, 6.45) is 3.69. The number of benzene rings is 1. The smallest absolute Gasteiger partial charge is 0.339 e. The predicted molar refractivity (Wildman–Crippen MR) is 101 cm³/mol. The average molecular weight is 417 g/mol. The quantitative estimate of drug-likeness (QED) is 0.680. The fourth-order valence-corrected chi connectivity index (χ4v) is 4.21. The second-order valence-electron chi connectivity index (χ2n) is 7.10. The van der Waals surface area contributed by atoms with Crippen LogP contribution in [0.25, 0.3) is 11.5 Å². The van der Waals surface area contributed by atoms with Crippen LogP contribution in [0.5, 0.6) is 0 Å². The van der Waals surface area contributed by atoms with Crippen molar-refractivity contribution < 1.29 is 23.5 Å². The van der Waals surface area contributed by atoms with Gasteiger partial charge in [0.05, 0.1) is 10.6 Å². The highest BCUT2D eigenvalue weighted by atomic mass is 35.5. The molecule has 0 N–H and O–H groups in total. The molecule has 3 fully saturated rings. The first-order valence-electron chi connectivity index (χ1n) is 9.28. The molecule has 2 bridgehead atoms. The molecule has 1 aromatic heterocycles. The number of esters is 2. The van der Waals surface area contributed by atoms with Crippen molar-refractivity contribution in [2.45, 2.75) is 24.8 Å². The fourth-order valence-electron chi connectivity index (χ4n) is 3.99. The molecule has 0 aliphatic carbocycles. The van der Waals surface area contributed by atoms with E-state index in [1.165, 1.54) is 0 Å². The minimum atomic E-state index is -1.54. The molecular weight excluding hydrogens is 400 g/mol. The highest BCUT2D eigenvalue weighted by Gasteiger charge is 2.53. The van der Waals surface area contributed by atoms with Gasteiger partial charge in [-0.2, -0.15) is 0 Å². The Labute approximate surface area is 170 Å². The van der Waals surface area contributed by atoms with E-state index < -0.39 is 17.8 Å². The van der Waals surface area contributed by atoms with Crippen LogP contribution in [-0.4, -0.2) is 58.6 Å². The normalized spacial score (nSPS) is 25.5. The van der Waals surface area contributed by atoms with Crippen LogP contribution in [0.15, 0.2) is 40.8 Å². The van der Waals surface area contributed by atoms with Crippen LogP contribution in [0.2, 0.25) is 5.02 Å². The van der Waals surface area contributed by atoms with Crippen LogP contribution in [0.1, 0.15) is 12.8 Å². The van der Waals surface area contributed by atoms with Crippen molar-refractivity contribution in [1.29, 1.82) is 0 Å². The highest BCUT2D eigenvalue weighted by Crippen LogP contribution is 2.37. The number of hydrogen-bond donors (Lipinski definition) is 0. The Kier molecular flexibility index (Phi) is 4.29. The molecule has 2 aromatic rings. The summed E-state index contributed by atoms with van der Waals surface area (Å²) in [6.45, 7) is 1.28. The number of nitrogens with zero attached hydrogens (tertiary/aromatic N) is 4. The number of aromatic nitrogens is 2. The van der Waals surface area contributed by atoms with Crippen LogP contribution < -0.4 is 4.90 Å². The molecule has 0 unspecified atom stereocenters. The van der Waals surface area contributed by atoms with Crippen molar-refractivity contribution in [2.75, 3.05) is 24.5 Å². The number of hydrogen-bond acceptors (Lipinski definition) is 9. The molecule has 3 saturated heterocycles. The van der Waals surface area contributed by atoms with Gasteiger partial charge in [-0.1, -0.05) is 28.8 Å². The lowest BCUT2D eigenvalue weighted by atomic mass is 10.1.